The zero-order valence-corrected chi connectivity index (χ0v) is 15.6. The highest BCUT2D eigenvalue weighted by molar-refractivity contribution is 5.89. The molecule has 6 N–H and O–H groups in total. The summed E-state index contributed by atoms with van der Waals surface area (Å²) in [6.07, 6.45) is -1.30. The molecule has 0 heterocycles. The predicted octanol–water partition coefficient (Wildman–Crippen LogP) is 1.62. The number of carboxylic acids is 1. The molecule has 0 fully saturated rings. The Morgan fingerprint density at radius 1 is 1.04 bits per heavy atom. The van der Waals surface area contributed by atoms with E-state index in [4.69, 9.17) is 10.5 Å². The first-order valence-corrected chi connectivity index (χ1v) is 8.20. The third kappa shape index (κ3) is 6.12. The van der Waals surface area contributed by atoms with Gasteiger partial charge in [0.2, 0.25) is 0 Å². The van der Waals surface area contributed by atoms with Crippen molar-refractivity contribution in [2.45, 2.75) is 24.5 Å². The van der Waals surface area contributed by atoms with Gasteiger partial charge in [-0.1, -0.05) is 24.3 Å². The van der Waals surface area contributed by atoms with Gasteiger partial charge >= 0.3 is 11.9 Å². The van der Waals surface area contributed by atoms with Gasteiger partial charge in [0.15, 0.2) is 11.5 Å². The first-order valence-electron chi connectivity index (χ1n) is 8.20. The largest absolute Gasteiger partial charge is 0.504 e. The summed E-state index contributed by atoms with van der Waals surface area (Å²) < 4.78 is 5.04. The van der Waals surface area contributed by atoms with Gasteiger partial charge in [-0.3, -0.25) is 4.79 Å². The second-order valence-corrected chi connectivity index (χ2v) is 6.07. The molecule has 0 aliphatic carbocycles. The van der Waals surface area contributed by atoms with Crippen LogP contribution in [-0.4, -0.2) is 51.1 Å². The van der Waals surface area contributed by atoms with Gasteiger partial charge in [0.05, 0.1) is 11.7 Å². The number of aliphatic hydroxyl groups excluding tert-OH is 1. The number of phenolic OH excluding ortho intramolecular Hbond substituents is 2. The monoisotopic (exact) mass is 411 g/mol. The summed E-state index contributed by atoms with van der Waals surface area (Å²) >= 11 is 0. The summed E-state index contributed by atoms with van der Waals surface area (Å²) in [6.45, 7) is -0.347. The van der Waals surface area contributed by atoms with E-state index in [2.05, 4.69) is 0 Å². The molecule has 2 unspecified atom stereocenters. The molecule has 0 saturated heterocycles. The number of aromatic hydroxyl groups is 2. The molecule has 2 aromatic carbocycles. The topological polar surface area (TPSA) is 150 Å². The number of hydrogen-bond donors (Lipinski definition) is 5. The lowest BCUT2D eigenvalue weighted by Gasteiger charge is -2.24. The van der Waals surface area contributed by atoms with E-state index in [1.807, 2.05) is 0 Å². The van der Waals surface area contributed by atoms with Crippen molar-refractivity contribution in [1.82, 2.24) is 0 Å². The molecule has 0 spiro atoms. The minimum atomic E-state index is -1.37. The highest BCUT2D eigenvalue weighted by Gasteiger charge is 2.29. The lowest BCUT2D eigenvalue weighted by Crippen LogP contribution is -2.38. The van der Waals surface area contributed by atoms with Crippen LogP contribution in [0.15, 0.2) is 48.5 Å². The highest BCUT2D eigenvalue weighted by atomic mass is 35.5. The van der Waals surface area contributed by atoms with Crippen LogP contribution in [0.2, 0.25) is 0 Å². The van der Waals surface area contributed by atoms with E-state index < -0.39 is 35.8 Å². The van der Waals surface area contributed by atoms with Crippen molar-refractivity contribution in [1.29, 1.82) is 0 Å². The fraction of sp³-hybridized carbons (Fsp3) is 0.263. The number of phenols is 2. The molecule has 0 saturated carbocycles. The van der Waals surface area contributed by atoms with Crippen molar-refractivity contribution in [3.05, 3.63) is 59.7 Å². The molecule has 0 aromatic heterocycles. The Bertz CT molecular complexity index is 800. The van der Waals surface area contributed by atoms with E-state index in [0.717, 1.165) is 0 Å². The summed E-state index contributed by atoms with van der Waals surface area (Å²) in [5.41, 5.74) is 6.37. The lowest BCUT2D eigenvalue weighted by molar-refractivity contribution is -0.139. The summed E-state index contributed by atoms with van der Waals surface area (Å²) in [5.74, 6) is -3.57. The molecule has 0 bridgehead atoms. The van der Waals surface area contributed by atoms with Gasteiger partial charge in [-0.25, -0.2) is 4.79 Å². The predicted molar refractivity (Wildman–Crippen MR) is 103 cm³/mol. The maximum absolute atomic E-state index is 11.9. The van der Waals surface area contributed by atoms with Gasteiger partial charge in [0.25, 0.3) is 0 Å². The van der Waals surface area contributed by atoms with Crippen LogP contribution in [0.25, 0.3) is 0 Å². The minimum Gasteiger partial charge on any atom is -0.504 e. The van der Waals surface area contributed by atoms with E-state index in [1.165, 1.54) is 18.2 Å². The quantitative estimate of drug-likeness (QED) is 0.325. The van der Waals surface area contributed by atoms with Gasteiger partial charge < -0.3 is 30.9 Å². The van der Waals surface area contributed by atoms with E-state index in [9.17, 15) is 30.0 Å². The van der Waals surface area contributed by atoms with Crippen molar-refractivity contribution in [3.63, 3.8) is 0 Å². The zero-order chi connectivity index (χ0) is 20.0. The third-order valence-electron chi connectivity index (χ3n) is 4.09. The highest BCUT2D eigenvalue weighted by Crippen LogP contribution is 2.32. The second kappa shape index (κ2) is 10.5. The summed E-state index contributed by atoms with van der Waals surface area (Å²) in [6, 6.07) is 10.7. The van der Waals surface area contributed by atoms with E-state index in [0.29, 0.717) is 11.1 Å². The first kappa shape index (κ1) is 23.2. The van der Waals surface area contributed by atoms with Gasteiger partial charge in [0, 0.05) is 5.92 Å². The Balaban J connectivity index is 0.00000392. The Morgan fingerprint density at radius 3 is 2.25 bits per heavy atom. The van der Waals surface area contributed by atoms with Crippen LogP contribution in [0.5, 0.6) is 11.5 Å². The molecule has 2 rings (SSSR count). The Labute approximate surface area is 167 Å². The second-order valence-electron chi connectivity index (χ2n) is 6.07. The Morgan fingerprint density at radius 2 is 1.68 bits per heavy atom. The molecule has 8 nitrogen and oxygen atoms in total. The van der Waals surface area contributed by atoms with Crippen molar-refractivity contribution in [2.75, 3.05) is 6.61 Å². The molecule has 152 valence electrons. The number of aliphatic carboxylic acids is 1. The van der Waals surface area contributed by atoms with Crippen LogP contribution in [0.1, 0.15) is 28.3 Å². The SMILES string of the molecule is Cl.N[C@H](C(=O)O)C(CC(O)COC(=O)c1ccccc1)c1ccc(O)c(O)c1. The van der Waals surface area contributed by atoms with Gasteiger partial charge in [-0.05, 0) is 36.2 Å². The number of halogens is 1. The smallest absolute Gasteiger partial charge is 0.338 e. The molecule has 9 heteroatoms. The number of carbonyl (C=O) groups excluding carboxylic acids is 1. The number of aliphatic hydroxyl groups is 1. The number of ether oxygens (including phenoxy) is 1. The van der Waals surface area contributed by atoms with E-state index >= 15 is 0 Å². The fourth-order valence-corrected chi connectivity index (χ4v) is 2.62. The van der Waals surface area contributed by atoms with Gasteiger partial charge in [-0.2, -0.15) is 0 Å². The number of rotatable bonds is 8. The van der Waals surface area contributed by atoms with Crippen LogP contribution in [-0.2, 0) is 9.53 Å². The molecule has 3 atom stereocenters. The summed E-state index contributed by atoms with van der Waals surface area (Å²) in [4.78, 5) is 23.2. The number of hydrogen-bond acceptors (Lipinski definition) is 7. The van der Waals surface area contributed by atoms with Crippen LogP contribution < -0.4 is 5.73 Å². The summed E-state index contributed by atoms with van der Waals surface area (Å²) in [7, 11) is 0. The molecule has 0 aliphatic rings. The maximum atomic E-state index is 11.9. The van der Waals surface area contributed by atoms with Crippen LogP contribution >= 0.6 is 12.4 Å². The van der Waals surface area contributed by atoms with Crippen molar-refractivity contribution < 1.29 is 34.8 Å². The summed E-state index contributed by atoms with van der Waals surface area (Å²) in [5, 5.41) is 38.4. The molecular formula is C19H22ClNO7. The van der Waals surface area contributed by atoms with Crippen LogP contribution in [0.4, 0.5) is 0 Å². The number of nitrogens with two attached hydrogens (primary N) is 1. The zero-order valence-electron chi connectivity index (χ0n) is 14.8. The van der Waals surface area contributed by atoms with Crippen LogP contribution in [0.3, 0.4) is 0 Å². The van der Waals surface area contributed by atoms with Crippen molar-refractivity contribution in [3.8, 4) is 11.5 Å². The number of carboxylic acid groups (broad SMARTS) is 1. The molecule has 0 aliphatic heterocycles. The minimum absolute atomic E-state index is 0. The Hall–Kier alpha value is -2.81. The first-order chi connectivity index (χ1) is 12.8. The maximum Gasteiger partial charge on any atom is 0.338 e. The number of carbonyl (C=O) groups is 2. The third-order valence-corrected chi connectivity index (χ3v) is 4.09. The molecule has 0 amide bonds. The van der Waals surface area contributed by atoms with E-state index in [-0.39, 0.29) is 31.2 Å². The van der Waals surface area contributed by atoms with Crippen LogP contribution in [0, 0.1) is 0 Å². The molecular weight excluding hydrogens is 390 g/mol. The van der Waals surface area contributed by atoms with Gasteiger partial charge in [-0.15, -0.1) is 12.4 Å². The fourth-order valence-electron chi connectivity index (χ4n) is 2.62. The van der Waals surface area contributed by atoms with E-state index in [1.54, 1.807) is 30.3 Å². The average Bonchev–Trinajstić information content (AvgIpc) is 2.66. The number of benzene rings is 2. The standard InChI is InChI=1S/C19H21NO7.ClH/c20-17(18(24)25)14(12-6-7-15(22)16(23)8-12)9-13(21)10-27-19(26)11-4-2-1-3-5-11;/h1-8,13-14,17,21-23H,9-10,20H2,(H,24,25);1H/t13?,14?,17-;/m0./s1. The van der Waals surface area contributed by atoms with Gasteiger partial charge in [0.1, 0.15) is 12.6 Å². The van der Waals surface area contributed by atoms with Crippen molar-refractivity contribution >= 4 is 24.3 Å². The molecule has 28 heavy (non-hydrogen) atoms. The van der Waals surface area contributed by atoms with Crippen molar-refractivity contribution in [2.24, 2.45) is 5.73 Å². The molecule has 0 radical (unpaired) electrons. The average molecular weight is 412 g/mol. The Kier molecular flexibility index (Phi) is 8.72. The number of esters is 1. The normalized spacial score (nSPS) is 13.6. The molecule has 2 aromatic rings. The lowest BCUT2D eigenvalue weighted by atomic mass is 9.87.